The van der Waals surface area contributed by atoms with E-state index in [0.717, 1.165) is 16.7 Å². The maximum Gasteiger partial charge on any atom is 0.260 e. The topological polar surface area (TPSA) is 90.6 Å². The van der Waals surface area contributed by atoms with Crippen LogP contribution in [-0.2, 0) is 10.0 Å². The predicted octanol–water partition coefficient (Wildman–Crippen LogP) is 1.45. The summed E-state index contributed by atoms with van der Waals surface area (Å²) < 4.78 is 27.6. The highest BCUT2D eigenvalue weighted by Gasteiger charge is 2.32. The number of amides is 1. The lowest BCUT2D eigenvalue weighted by atomic mass is 10.1. The zero-order chi connectivity index (χ0) is 19.8. The van der Waals surface area contributed by atoms with E-state index >= 15 is 0 Å². The van der Waals surface area contributed by atoms with Gasteiger partial charge in [0.1, 0.15) is 5.56 Å². The normalized spacial score (nSPS) is 15.7. The van der Waals surface area contributed by atoms with E-state index in [1.807, 2.05) is 19.1 Å². The van der Waals surface area contributed by atoms with Crippen molar-refractivity contribution in [3.63, 3.8) is 0 Å². The third-order valence-electron chi connectivity index (χ3n) is 4.78. The van der Waals surface area contributed by atoms with Gasteiger partial charge in [0.25, 0.3) is 11.5 Å². The summed E-state index contributed by atoms with van der Waals surface area (Å²) in [6, 6.07) is 6.80. The number of benzene rings is 1. The number of nitrogens with one attached hydrogen (secondary N) is 1. The van der Waals surface area contributed by atoms with E-state index in [4.69, 9.17) is 0 Å². The van der Waals surface area contributed by atoms with Crippen LogP contribution in [0.5, 0.6) is 0 Å². The van der Waals surface area contributed by atoms with Crippen LogP contribution in [0.1, 0.15) is 27.0 Å². The molecule has 8 heteroatoms. The number of carbonyl (C=O) groups excluding carboxylic acids is 1. The van der Waals surface area contributed by atoms with Crippen molar-refractivity contribution in [3.8, 4) is 0 Å². The Morgan fingerprint density at radius 2 is 1.63 bits per heavy atom. The number of aromatic amines is 1. The first-order chi connectivity index (χ1) is 12.7. The van der Waals surface area contributed by atoms with Gasteiger partial charge >= 0.3 is 0 Å². The molecule has 0 saturated carbocycles. The van der Waals surface area contributed by atoms with Crippen LogP contribution in [0.3, 0.4) is 0 Å². The molecule has 1 aliphatic heterocycles. The lowest BCUT2D eigenvalue weighted by Gasteiger charge is -2.34. The number of aryl methyl sites for hydroxylation is 3. The average molecular weight is 389 g/mol. The van der Waals surface area contributed by atoms with E-state index in [1.165, 1.54) is 21.5 Å². The van der Waals surface area contributed by atoms with Crippen molar-refractivity contribution in [2.24, 2.45) is 0 Å². The van der Waals surface area contributed by atoms with Crippen LogP contribution >= 0.6 is 0 Å². The Balaban J connectivity index is 1.79. The first-order valence-electron chi connectivity index (χ1n) is 8.77. The molecule has 2 heterocycles. The van der Waals surface area contributed by atoms with Crippen molar-refractivity contribution < 1.29 is 13.2 Å². The second-order valence-corrected chi connectivity index (χ2v) is 8.71. The minimum absolute atomic E-state index is 0.0685. The van der Waals surface area contributed by atoms with E-state index < -0.39 is 15.6 Å². The summed E-state index contributed by atoms with van der Waals surface area (Å²) in [6.07, 6.45) is 1.47. The number of pyridine rings is 1. The van der Waals surface area contributed by atoms with Gasteiger partial charge in [-0.3, -0.25) is 9.59 Å². The van der Waals surface area contributed by atoms with Crippen molar-refractivity contribution in [2.75, 3.05) is 26.2 Å². The SMILES string of the molecule is Cc1cc(C)c(S(=O)(=O)N2CCN(C(=O)c3ccc[nH]c3=O)CC2)c(C)c1. The minimum Gasteiger partial charge on any atom is -0.336 e. The van der Waals surface area contributed by atoms with Gasteiger partial charge in [-0.1, -0.05) is 17.7 Å². The molecule has 0 radical (unpaired) electrons. The smallest absolute Gasteiger partial charge is 0.260 e. The molecule has 2 aromatic rings. The summed E-state index contributed by atoms with van der Waals surface area (Å²) in [7, 11) is -3.63. The first-order valence-corrected chi connectivity index (χ1v) is 10.2. The van der Waals surface area contributed by atoms with Crippen molar-refractivity contribution in [1.82, 2.24) is 14.2 Å². The Hall–Kier alpha value is -2.45. The maximum absolute atomic E-state index is 13.1. The van der Waals surface area contributed by atoms with Gasteiger partial charge in [0, 0.05) is 32.4 Å². The van der Waals surface area contributed by atoms with Gasteiger partial charge in [0.05, 0.1) is 4.90 Å². The molecular weight excluding hydrogens is 366 g/mol. The summed E-state index contributed by atoms with van der Waals surface area (Å²) in [6.45, 7) is 6.43. The van der Waals surface area contributed by atoms with Gasteiger partial charge in [0.2, 0.25) is 10.0 Å². The number of hydrogen-bond acceptors (Lipinski definition) is 4. The van der Waals surface area contributed by atoms with E-state index in [1.54, 1.807) is 19.9 Å². The fraction of sp³-hybridized carbons (Fsp3) is 0.368. The van der Waals surface area contributed by atoms with Crippen molar-refractivity contribution in [3.05, 3.63) is 63.1 Å². The summed E-state index contributed by atoms with van der Waals surface area (Å²) in [5.41, 5.74) is 2.10. The Labute approximate surface area is 158 Å². The summed E-state index contributed by atoms with van der Waals surface area (Å²) in [5, 5.41) is 0. The van der Waals surface area contributed by atoms with Gasteiger partial charge in [-0.15, -0.1) is 0 Å². The Kier molecular flexibility index (Phi) is 5.21. The molecule has 1 aromatic heterocycles. The molecule has 1 fully saturated rings. The highest BCUT2D eigenvalue weighted by Crippen LogP contribution is 2.26. The molecule has 144 valence electrons. The highest BCUT2D eigenvalue weighted by atomic mass is 32.2. The quantitative estimate of drug-likeness (QED) is 0.860. The van der Waals surface area contributed by atoms with Crippen molar-refractivity contribution in [2.45, 2.75) is 25.7 Å². The third kappa shape index (κ3) is 3.68. The molecule has 1 aromatic carbocycles. The zero-order valence-electron chi connectivity index (χ0n) is 15.7. The number of piperazine rings is 1. The fourth-order valence-electron chi connectivity index (χ4n) is 3.59. The van der Waals surface area contributed by atoms with Crippen LogP contribution in [0.4, 0.5) is 0 Å². The fourth-order valence-corrected chi connectivity index (χ4v) is 5.43. The molecule has 0 aliphatic carbocycles. The Morgan fingerprint density at radius 1 is 1.04 bits per heavy atom. The number of H-pyrrole nitrogens is 1. The molecule has 0 bridgehead atoms. The molecule has 1 N–H and O–H groups in total. The van der Waals surface area contributed by atoms with Gasteiger partial charge in [0.15, 0.2) is 0 Å². The Morgan fingerprint density at radius 3 is 2.19 bits per heavy atom. The molecule has 1 amide bonds. The molecule has 1 saturated heterocycles. The second kappa shape index (κ2) is 7.28. The van der Waals surface area contributed by atoms with Gasteiger partial charge in [-0.05, 0) is 44.0 Å². The molecular formula is C19H23N3O4S. The molecule has 27 heavy (non-hydrogen) atoms. The zero-order valence-corrected chi connectivity index (χ0v) is 16.5. The third-order valence-corrected chi connectivity index (χ3v) is 6.98. The first kappa shape index (κ1) is 19.3. The van der Waals surface area contributed by atoms with Gasteiger partial charge in [-0.25, -0.2) is 8.42 Å². The van der Waals surface area contributed by atoms with Crippen LogP contribution in [0, 0.1) is 20.8 Å². The van der Waals surface area contributed by atoms with E-state index in [0.29, 0.717) is 4.90 Å². The van der Waals surface area contributed by atoms with Crippen LogP contribution in [-0.4, -0.2) is 54.7 Å². The minimum atomic E-state index is -3.63. The van der Waals surface area contributed by atoms with E-state index in [2.05, 4.69) is 4.98 Å². The predicted molar refractivity (Wildman–Crippen MR) is 102 cm³/mol. The van der Waals surface area contributed by atoms with Crippen LogP contribution in [0.15, 0.2) is 40.2 Å². The van der Waals surface area contributed by atoms with E-state index in [-0.39, 0.29) is 37.6 Å². The Bertz CT molecular complexity index is 1010. The molecule has 3 rings (SSSR count). The van der Waals surface area contributed by atoms with Crippen LogP contribution in [0.2, 0.25) is 0 Å². The molecule has 7 nitrogen and oxygen atoms in total. The second-order valence-electron chi connectivity index (χ2n) is 6.84. The molecule has 0 unspecified atom stereocenters. The number of nitrogens with zero attached hydrogens (tertiary/aromatic N) is 2. The number of carbonyl (C=O) groups is 1. The lowest BCUT2D eigenvalue weighted by Crippen LogP contribution is -2.51. The standard InChI is InChI=1S/C19H23N3O4S/c1-13-11-14(2)17(15(3)12-13)27(25,26)22-9-7-21(8-10-22)19(24)16-5-4-6-20-18(16)23/h4-6,11-12H,7-10H2,1-3H3,(H,20,23). The molecule has 1 aliphatic rings. The largest absolute Gasteiger partial charge is 0.336 e. The number of hydrogen-bond donors (Lipinski definition) is 1. The number of sulfonamides is 1. The van der Waals surface area contributed by atoms with Crippen LogP contribution < -0.4 is 5.56 Å². The van der Waals surface area contributed by atoms with Crippen LogP contribution in [0.25, 0.3) is 0 Å². The summed E-state index contributed by atoms with van der Waals surface area (Å²) >= 11 is 0. The monoisotopic (exact) mass is 389 g/mol. The maximum atomic E-state index is 13.1. The number of aromatic nitrogens is 1. The van der Waals surface area contributed by atoms with Gasteiger partial charge in [-0.2, -0.15) is 4.31 Å². The lowest BCUT2D eigenvalue weighted by molar-refractivity contribution is 0.0696. The average Bonchev–Trinajstić information content (AvgIpc) is 2.60. The van der Waals surface area contributed by atoms with Gasteiger partial charge < -0.3 is 9.88 Å². The summed E-state index contributed by atoms with van der Waals surface area (Å²) in [5.74, 6) is -0.378. The molecule has 0 atom stereocenters. The summed E-state index contributed by atoms with van der Waals surface area (Å²) in [4.78, 5) is 28.7. The van der Waals surface area contributed by atoms with E-state index in [9.17, 15) is 18.0 Å². The highest BCUT2D eigenvalue weighted by molar-refractivity contribution is 7.89. The van der Waals surface area contributed by atoms with Crippen molar-refractivity contribution in [1.29, 1.82) is 0 Å². The molecule has 0 spiro atoms. The number of rotatable bonds is 3. The van der Waals surface area contributed by atoms with Crippen molar-refractivity contribution >= 4 is 15.9 Å².